The summed E-state index contributed by atoms with van der Waals surface area (Å²) in [6.07, 6.45) is 1.66. The number of esters is 1. The predicted molar refractivity (Wildman–Crippen MR) is 185 cm³/mol. The molecule has 0 amide bonds. The number of aromatic nitrogens is 1. The van der Waals surface area contributed by atoms with Gasteiger partial charge in [0.15, 0.2) is 33.5 Å². The Bertz CT molecular complexity index is 2100. The maximum absolute atomic E-state index is 14.1. The molecule has 1 atom stereocenters. The Balaban J connectivity index is 1.37. The maximum Gasteiger partial charge on any atom is 0.338 e. The zero-order valence-corrected chi connectivity index (χ0v) is 30.0. The van der Waals surface area contributed by atoms with Crippen LogP contribution < -0.4 is 38.6 Å². The third-order valence-electron chi connectivity index (χ3n) is 7.52. The fourth-order valence-electron chi connectivity index (χ4n) is 5.45. The molecule has 13 heteroatoms. The van der Waals surface area contributed by atoms with Crippen LogP contribution in [-0.2, 0) is 16.1 Å². The number of halogens is 2. The van der Waals surface area contributed by atoms with E-state index in [1.165, 1.54) is 15.9 Å². The summed E-state index contributed by atoms with van der Waals surface area (Å²) in [5.41, 5.74) is 2.60. The lowest BCUT2D eigenvalue weighted by atomic mass is 9.95. The first-order valence-corrected chi connectivity index (χ1v) is 17.1. The number of benzene rings is 3. The summed E-state index contributed by atoms with van der Waals surface area (Å²) >= 11 is 11.5. The van der Waals surface area contributed by atoms with E-state index in [9.17, 15) is 9.59 Å². The molecule has 4 aromatic rings. The number of thiazole rings is 1. The van der Waals surface area contributed by atoms with E-state index in [2.05, 4.69) is 20.9 Å². The molecule has 0 bridgehead atoms. The van der Waals surface area contributed by atoms with Crippen LogP contribution in [0.3, 0.4) is 0 Å². The normalized spacial score (nSPS) is 15.3. The molecule has 6 rings (SSSR count). The van der Waals surface area contributed by atoms with Gasteiger partial charge in [0, 0.05) is 0 Å². The number of fused-ring (bicyclic) bond motifs is 2. The minimum absolute atomic E-state index is 0.0797. The van der Waals surface area contributed by atoms with Gasteiger partial charge in [-0.05, 0) is 103 Å². The van der Waals surface area contributed by atoms with E-state index in [4.69, 9.17) is 40.0 Å². The van der Waals surface area contributed by atoms with Gasteiger partial charge in [-0.3, -0.25) is 9.36 Å². The molecular weight excluding hydrogens is 724 g/mol. The molecule has 0 unspecified atom stereocenters. The highest BCUT2D eigenvalue weighted by atomic mass is 79.9. The van der Waals surface area contributed by atoms with Crippen LogP contribution in [0.5, 0.6) is 28.7 Å². The van der Waals surface area contributed by atoms with Crippen molar-refractivity contribution >= 4 is 50.9 Å². The first-order valence-electron chi connectivity index (χ1n) is 15.1. The van der Waals surface area contributed by atoms with Crippen molar-refractivity contribution in [1.82, 2.24) is 4.57 Å². The quantitative estimate of drug-likeness (QED) is 0.173. The largest absolute Gasteiger partial charge is 0.493 e. The Kier molecular flexibility index (Phi) is 9.86. The van der Waals surface area contributed by atoms with Crippen LogP contribution in [0, 0.1) is 0 Å². The Hall–Kier alpha value is -4.26. The van der Waals surface area contributed by atoms with Gasteiger partial charge >= 0.3 is 5.97 Å². The molecule has 48 heavy (non-hydrogen) atoms. The number of nitrogens with zero attached hydrogens (tertiary/aromatic N) is 2. The molecule has 250 valence electrons. The molecule has 0 N–H and O–H groups in total. The van der Waals surface area contributed by atoms with Crippen molar-refractivity contribution in [3.05, 3.63) is 106 Å². The number of rotatable bonds is 10. The number of hydrogen-bond donors (Lipinski definition) is 0. The summed E-state index contributed by atoms with van der Waals surface area (Å²) < 4.78 is 36.4. The van der Waals surface area contributed by atoms with E-state index < -0.39 is 12.0 Å². The monoisotopic (exact) mass is 754 g/mol. The van der Waals surface area contributed by atoms with Crippen LogP contribution in [0.1, 0.15) is 50.4 Å². The highest BCUT2D eigenvalue weighted by molar-refractivity contribution is 9.10. The van der Waals surface area contributed by atoms with E-state index >= 15 is 0 Å². The number of allylic oxidation sites excluding steroid dienone is 1. The van der Waals surface area contributed by atoms with Crippen LogP contribution in [0.2, 0.25) is 5.02 Å². The summed E-state index contributed by atoms with van der Waals surface area (Å²) in [6.45, 7) is 7.93. The second-order valence-electron chi connectivity index (χ2n) is 11.2. The molecule has 0 saturated heterocycles. The molecule has 0 spiro atoms. The number of hydrogen-bond acceptors (Lipinski definition) is 10. The van der Waals surface area contributed by atoms with Crippen LogP contribution in [0.15, 0.2) is 74.1 Å². The maximum atomic E-state index is 14.1. The molecule has 0 radical (unpaired) electrons. The highest BCUT2D eigenvalue weighted by Gasteiger charge is 2.34. The summed E-state index contributed by atoms with van der Waals surface area (Å²) in [5.74, 6) is 2.30. The van der Waals surface area contributed by atoms with Gasteiger partial charge in [0.25, 0.3) is 5.56 Å². The molecule has 3 aromatic carbocycles. The van der Waals surface area contributed by atoms with Gasteiger partial charge in [0.2, 0.25) is 6.79 Å². The Morgan fingerprint density at radius 2 is 1.94 bits per heavy atom. The molecule has 0 saturated carbocycles. The second-order valence-corrected chi connectivity index (χ2v) is 13.4. The van der Waals surface area contributed by atoms with Crippen LogP contribution in [0.25, 0.3) is 6.08 Å². The minimum Gasteiger partial charge on any atom is -0.493 e. The molecule has 1 aromatic heterocycles. The molecule has 3 heterocycles. The van der Waals surface area contributed by atoms with Gasteiger partial charge in [0.1, 0.15) is 6.61 Å². The topological polar surface area (TPSA) is 107 Å². The lowest BCUT2D eigenvalue weighted by Crippen LogP contribution is -2.40. The first kappa shape index (κ1) is 33.6. The first-order chi connectivity index (χ1) is 23.1. The van der Waals surface area contributed by atoms with Crippen molar-refractivity contribution in [3.63, 3.8) is 0 Å². The Morgan fingerprint density at radius 1 is 1.15 bits per heavy atom. The van der Waals surface area contributed by atoms with Gasteiger partial charge in [-0.15, -0.1) is 0 Å². The minimum atomic E-state index is -0.813. The zero-order chi connectivity index (χ0) is 34.1. The summed E-state index contributed by atoms with van der Waals surface area (Å²) in [6, 6.07) is 13.7. The zero-order valence-electron chi connectivity index (χ0n) is 26.8. The van der Waals surface area contributed by atoms with Gasteiger partial charge in [0.05, 0.1) is 51.2 Å². The summed E-state index contributed by atoms with van der Waals surface area (Å²) in [5, 5.41) is 0.360. The van der Waals surface area contributed by atoms with Gasteiger partial charge in [-0.1, -0.05) is 35.1 Å². The van der Waals surface area contributed by atoms with Crippen molar-refractivity contribution in [2.45, 2.75) is 46.4 Å². The average Bonchev–Trinajstić information content (AvgIpc) is 3.63. The van der Waals surface area contributed by atoms with E-state index in [1.807, 2.05) is 44.2 Å². The van der Waals surface area contributed by atoms with Crippen LogP contribution in [-0.4, -0.2) is 37.1 Å². The summed E-state index contributed by atoms with van der Waals surface area (Å²) in [4.78, 5) is 32.6. The van der Waals surface area contributed by atoms with Gasteiger partial charge < -0.3 is 28.4 Å². The predicted octanol–water partition coefficient (Wildman–Crippen LogP) is 6.32. The van der Waals surface area contributed by atoms with Gasteiger partial charge in [-0.2, -0.15) is 0 Å². The fourth-order valence-corrected chi connectivity index (χ4v) is 7.49. The second kappa shape index (κ2) is 14.1. The Labute approximate surface area is 293 Å². The lowest BCUT2D eigenvalue weighted by molar-refractivity contribution is -0.139. The van der Waals surface area contributed by atoms with Crippen molar-refractivity contribution in [2.24, 2.45) is 4.99 Å². The standard InChI is InChI=1S/C35H32BrClN2O8S/c1-6-43-34(41)30-19(4)38-35-39(31(30)22-8-10-26(47-18(2)3)27(15-22)42-5)33(40)29(48-35)14-21-11-23(36)32(24(37)12-21)44-16-20-7-9-25-28(13-20)46-17-45-25/h7-15,18,31H,6,16-17H2,1-5H3/b29-14-/t31-/m1/s1. The number of carbonyl (C=O) groups is 1. The number of methoxy groups -OCH3 is 1. The molecule has 0 aliphatic carbocycles. The molecule has 10 nitrogen and oxygen atoms in total. The van der Waals surface area contributed by atoms with Crippen molar-refractivity contribution in [1.29, 1.82) is 0 Å². The van der Waals surface area contributed by atoms with Crippen LogP contribution >= 0.6 is 38.9 Å². The average molecular weight is 756 g/mol. The third kappa shape index (κ3) is 6.69. The van der Waals surface area contributed by atoms with E-state index in [1.54, 1.807) is 45.2 Å². The third-order valence-corrected chi connectivity index (χ3v) is 9.37. The van der Waals surface area contributed by atoms with Crippen molar-refractivity contribution in [2.75, 3.05) is 20.5 Å². The molecular formula is C35H32BrClN2O8S. The van der Waals surface area contributed by atoms with E-state index in [0.29, 0.717) is 64.4 Å². The number of ether oxygens (including phenoxy) is 6. The van der Waals surface area contributed by atoms with Crippen LogP contribution in [0.4, 0.5) is 0 Å². The smallest absolute Gasteiger partial charge is 0.338 e. The Morgan fingerprint density at radius 3 is 2.67 bits per heavy atom. The fraction of sp³-hybridized carbons (Fsp3) is 0.286. The SMILES string of the molecule is CCOC(=O)C1=C(C)N=c2s/c(=C\c3cc(Cl)c(OCc4ccc5c(c4)OCO5)c(Br)c3)c(=O)n2[C@@H]1c1ccc(OC(C)C)c(OC)c1. The van der Waals surface area contributed by atoms with E-state index in [0.717, 1.165) is 5.56 Å². The molecule has 2 aliphatic rings. The molecule has 0 fully saturated rings. The van der Waals surface area contributed by atoms with E-state index in [-0.39, 0.29) is 37.2 Å². The molecule has 2 aliphatic heterocycles. The summed E-state index contributed by atoms with van der Waals surface area (Å²) in [7, 11) is 1.54. The lowest BCUT2D eigenvalue weighted by Gasteiger charge is -2.25. The van der Waals surface area contributed by atoms with Crippen molar-refractivity contribution in [3.8, 4) is 28.7 Å². The van der Waals surface area contributed by atoms with Gasteiger partial charge in [-0.25, -0.2) is 9.79 Å². The van der Waals surface area contributed by atoms with Crippen molar-refractivity contribution < 1.29 is 33.2 Å². The number of carbonyl (C=O) groups excluding carboxylic acids is 1. The highest BCUT2D eigenvalue weighted by Crippen LogP contribution is 2.38.